The molecule has 15 heavy (non-hydrogen) atoms. The molecular formula is C12H19NO2. The van der Waals surface area contributed by atoms with Crippen molar-refractivity contribution in [3.8, 4) is 0 Å². The highest BCUT2D eigenvalue weighted by Gasteiger charge is 2.45. The summed E-state index contributed by atoms with van der Waals surface area (Å²) in [5.74, 6) is 0.800. The van der Waals surface area contributed by atoms with E-state index in [2.05, 4.69) is 12.2 Å². The molecule has 1 N–H and O–H groups in total. The van der Waals surface area contributed by atoms with Crippen LogP contribution in [-0.4, -0.2) is 17.2 Å². The van der Waals surface area contributed by atoms with Gasteiger partial charge in [-0.05, 0) is 25.2 Å². The Morgan fingerprint density at radius 1 is 1.33 bits per heavy atom. The van der Waals surface area contributed by atoms with Crippen molar-refractivity contribution >= 4 is 11.7 Å². The Labute approximate surface area is 90.6 Å². The van der Waals surface area contributed by atoms with Gasteiger partial charge in [0.15, 0.2) is 5.78 Å². The third-order valence-electron chi connectivity index (χ3n) is 4.01. The van der Waals surface area contributed by atoms with Crippen molar-refractivity contribution in [2.24, 2.45) is 5.92 Å². The monoisotopic (exact) mass is 209 g/mol. The maximum atomic E-state index is 11.8. The van der Waals surface area contributed by atoms with Crippen LogP contribution < -0.4 is 5.32 Å². The van der Waals surface area contributed by atoms with Gasteiger partial charge in [0.1, 0.15) is 0 Å². The van der Waals surface area contributed by atoms with E-state index in [1.54, 1.807) is 0 Å². The van der Waals surface area contributed by atoms with E-state index in [9.17, 15) is 9.59 Å². The minimum atomic E-state index is -0.471. The zero-order chi connectivity index (χ0) is 10.9. The molecule has 2 rings (SSSR count). The molecule has 1 saturated carbocycles. The van der Waals surface area contributed by atoms with Crippen molar-refractivity contribution in [1.82, 2.24) is 5.32 Å². The largest absolute Gasteiger partial charge is 0.343 e. The smallest absolute Gasteiger partial charge is 0.228 e. The Bertz CT molecular complexity index is 287. The lowest BCUT2D eigenvalue weighted by molar-refractivity contribution is -0.123. The summed E-state index contributed by atoms with van der Waals surface area (Å²) < 4.78 is 0. The van der Waals surface area contributed by atoms with Crippen LogP contribution in [0.2, 0.25) is 0 Å². The molecule has 3 heteroatoms. The van der Waals surface area contributed by atoms with E-state index in [1.165, 1.54) is 12.8 Å². The van der Waals surface area contributed by atoms with E-state index in [-0.39, 0.29) is 18.1 Å². The maximum Gasteiger partial charge on any atom is 0.228 e. The summed E-state index contributed by atoms with van der Waals surface area (Å²) in [4.78, 5) is 23.1. The molecule has 0 bridgehead atoms. The van der Waals surface area contributed by atoms with Gasteiger partial charge in [0.25, 0.3) is 0 Å². The highest BCUT2D eigenvalue weighted by molar-refractivity contribution is 6.10. The third-order valence-corrected chi connectivity index (χ3v) is 4.01. The van der Waals surface area contributed by atoms with Crippen molar-refractivity contribution in [2.45, 2.75) is 57.4 Å². The van der Waals surface area contributed by atoms with Crippen LogP contribution in [0.25, 0.3) is 0 Å². The Hall–Kier alpha value is -0.860. The molecule has 2 aliphatic rings. The first-order valence-corrected chi connectivity index (χ1v) is 6.00. The van der Waals surface area contributed by atoms with E-state index in [0.29, 0.717) is 0 Å². The summed E-state index contributed by atoms with van der Waals surface area (Å²) in [5.41, 5.74) is -0.471. The second kappa shape index (κ2) is 3.95. The number of Topliss-reactive ketones (excluding diaryl/α,β-unsaturated/α-hetero) is 1. The van der Waals surface area contributed by atoms with E-state index >= 15 is 0 Å². The first-order valence-electron chi connectivity index (χ1n) is 6.00. The molecule has 2 atom stereocenters. The van der Waals surface area contributed by atoms with Crippen molar-refractivity contribution in [3.63, 3.8) is 0 Å². The lowest BCUT2D eigenvalue weighted by Gasteiger charge is -2.25. The second-order valence-corrected chi connectivity index (χ2v) is 4.94. The van der Waals surface area contributed by atoms with E-state index in [4.69, 9.17) is 0 Å². The molecule has 0 aromatic carbocycles. The number of nitrogens with one attached hydrogen (secondary N) is 1. The Morgan fingerprint density at radius 3 is 2.73 bits per heavy atom. The number of hydrogen-bond acceptors (Lipinski definition) is 2. The molecule has 0 aromatic heterocycles. The van der Waals surface area contributed by atoms with Gasteiger partial charge in [-0.25, -0.2) is 0 Å². The van der Waals surface area contributed by atoms with E-state index in [0.717, 1.165) is 31.6 Å². The molecular weight excluding hydrogens is 190 g/mol. The molecule has 2 fully saturated rings. The standard InChI is InChI=1S/C12H19NO2/c1-2-9-4-3-6-12(7-5-9)10(14)8-11(15)13-12/h9H,2-8H2,1H3,(H,13,15). The van der Waals surface area contributed by atoms with E-state index < -0.39 is 5.54 Å². The zero-order valence-corrected chi connectivity index (χ0v) is 9.34. The van der Waals surface area contributed by atoms with Gasteiger partial charge in [-0.3, -0.25) is 9.59 Å². The Balaban J connectivity index is 2.09. The number of ketones is 1. The van der Waals surface area contributed by atoms with Gasteiger partial charge < -0.3 is 5.32 Å². The molecule has 1 amide bonds. The van der Waals surface area contributed by atoms with Gasteiger partial charge in [-0.2, -0.15) is 0 Å². The predicted octanol–water partition coefficient (Wildman–Crippen LogP) is 1.80. The average Bonchev–Trinajstić information content (AvgIpc) is 2.39. The van der Waals surface area contributed by atoms with Crippen molar-refractivity contribution in [3.05, 3.63) is 0 Å². The SMILES string of the molecule is CCC1CCCC2(CC1)NC(=O)CC2=O. The number of carbonyl (C=O) groups excluding carboxylic acids is 2. The van der Waals surface area contributed by atoms with Crippen LogP contribution in [0.3, 0.4) is 0 Å². The normalized spacial score (nSPS) is 36.7. The van der Waals surface area contributed by atoms with Crippen molar-refractivity contribution in [1.29, 1.82) is 0 Å². The summed E-state index contributed by atoms with van der Waals surface area (Å²) in [6.07, 6.45) is 6.38. The number of rotatable bonds is 1. The summed E-state index contributed by atoms with van der Waals surface area (Å²) in [5, 5.41) is 2.92. The predicted molar refractivity (Wildman–Crippen MR) is 57.4 cm³/mol. The first kappa shape index (κ1) is 10.7. The van der Waals surface area contributed by atoms with Crippen LogP contribution in [0.5, 0.6) is 0 Å². The number of hydrogen-bond donors (Lipinski definition) is 1. The number of amides is 1. The van der Waals surface area contributed by atoms with Gasteiger partial charge in [0.05, 0.1) is 12.0 Å². The highest BCUT2D eigenvalue weighted by Crippen LogP contribution is 2.35. The summed E-state index contributed by atoms with van der Waals surface area (Å²) in [7, 11) is 0. The quantitative estimate of drug-likeness (QED) is 0.669. The lowest BCUT2D eigenvalue weighted by Crippen LogP contribution is -2.45. The van der Waals surface area contributed by atoms with Crippen LogP contribution in [0, 0.1) is 5.92 Å². The fourth-order valence-electron chi connectivity index (χ4n) is 2.92. The Morgan fingerprint density at radius 2 is 2.13 bits per heavy atom. The molecule has 2 unspecified atom stereocenters. The molecule has 1 heterocycles. The first-order chi connectivity index (χ1) is 7.16. The van der Waals surface area contributed by atoms with Crippen LogP contribution >= 0.6 is 0 Å². The van der Waals surface area contributed by atoms with Crippen LogP contribution in [0.15, 0.2) is 0 Å². The molecule has 1 aliphatic carbocycles. The zero-order valence-electron chi connectivity index (χ0n) is 9.34. The summed E-state index contributed by atoms with van der Waals surface area (Å²) in [6.45, 7) is 2.21. The van der Waals surface area contributed by atoms with Crippen LogP contribution in [-0.2, 0) is 9.59 Å². The molecule has 3 nitrogen and oxygen atoms in total. The van der Waals surface area contributed by atoms with Crippen LogP contribution in [0.4, 0.5) is 0 Å². The molecule has 0 aromatic rings. The van der Waals surface area contributed by atoms with Gasteiger partial charge in [-0.15, -0.1) is 0 Å². The highest BCUT2D eigenvalue weighted by atomic mass is 16.2. The fourth-order valence-corrected chi connectivity index (χ4v) is 2.92. The molecule has 1 spiro atoms. The van der Waals surface area contributed by atoms with Gasteiger partial charge >= 0.3 is 0 Å². The maximum absolute atomic E-state index is 11.8. The topological polar surface area (TPSA) is 46.2 Å². The van der Waals surface area contributed by atoms with Crippen LogP contribution in [0.1, 0.15) is 51.9 Å². The minimum Gasteiger partial charge on any atom is -0.343 e. The Kier molecular flexibility index (Phi) is 2.81. The average molecular weight is 209 g/mol. The number of carbonyl (C=O) groups is 2. The third kappa shape index (κ3) is 1.92. The van der Waals surface area contributed by atoms with Crippen molar-refractivity contribution < 1.29 is 9.59 Å². The molecule has 1 aliphatic heterocycles. The molecule has 0 radical (unpaired) electrons. The summed E-state index contributed by atoms with van der Waals surface area (Å²) >= 11 is 0. The lowest BCUT2D eigenvalue weighted by atomic mass is 9.87. The van der Waals surface area contributed by atoms with E-state index in [1.807, 2.05) is 0 Å². The van der Waals surface area contributed by atoms with Crippen molar-refractivity contribution in [2.75, 3.05) is 0 Å². The summed E-state index contributed by atoms with van der Waals surface area (Å²) in [6, 6.07) is 0. The molecule has 84 valence electrons. The minimum absolute atomic E-state index is 0.0741. The van der Waals surface area contributed by atoms with Gasteiger partial charge in [0, 0.05) is 0 Å². The van der Waals surface area contributed by atoms with Gasteiger partial charge in [0.2, 0.25) is 5.91 Å². The molecule has 1 saturated heterocycles. The fraction of sp³-hybridized carbons (Fsp3) is 0.833. The van der Waals surface area contributed by atoms with Gasteiger partial charge in [-0.1, -0.05) is 26.2 Å². The second-order valence-electron chi connectivity index (χ2n) is 4.94.